The molecule has 0 aromatic carbocycles. The van der Waals surface area contributed by atoms with Gasteiger partial charge in [0.05, 0.1) is 7.11 Å². The largest absolute Gasteiger partial charge is 0.469 e. The van der Waals surface area contributed by atoms with Crippen LogP contribution in [0.1, 0.15) is 65.2 Å². The number of ether oxygens (including phenoxy) is 1. The smallest absolute Gasteiger partial charge is 0.305 e. The highest BCUT2D eigenvalue weighted by Gasteiger charge is 2.21. The average Bonchev–Trinajstić information content (AvgIpc) is 2.32. The van der Waals surface area contributed by atoms with Crippen molar-refractivity contribution in [3.63, 3.8) is 0 Å². The Morgan fingerprint density at radius 1 is 1.12 bits per heavy atom. The van der Waals surface area contributed by atoms with Gasteiger partial charge in [-0.05, 0) is 12.8 Å². The van der Waals surface area contributed by atoms with Gasteiger partial charge in [-0.15, -0.1) is 0 Å². The second-order valence-electron chi connectivity index (χ2n) is 5.12. The van der Waals surface area contributed by atoms with Crippen molar-refractivity contribution < 1.29 is 9.53 Å². The number of hydrogen-bond donors (Lipinski definition) is 0. The van der Waals surface area contributed by atoms with E-state index in [0.717, 1.165) is 25.7 Å². The van der Waals surface area contributed by atoms with Gasteiger partial charge in [0.1, 0.15) is 0 Å². The van der Waals surface area contributed by atoms with Crippen molar-refractivity contribution in [3.8, 4) is 0 Å². The average molecular weight is 239 g/mol. The zero-order valence-corrected chi connectivity index (χ0v) is 11.4. The minimum atomic E-state index is -0.190. The molecule has 0 saturated carbocycles. The van der Waals surface area contributed by atoms with Crippen LogP contribution < -0.4 is 0 Å². The third-order valence-corrected chi connectivity index (χ3v) is 2.95. The van der Waals surface area contributed by atoms with Crippen LogP contribution in [0.25, 0.3) is 4.85 Å². The fourth-order valence-corrected chi connectivity index (χ4v) is 1.69. The molecule has 98 valence electrons. The van der Waals surface area contributed by atoms with Gasteiger partial charge < -0.3 is 9.58 Å². The molecule has 0 aromatic heterocycles. The van der Waals surface area contributed by atoms with Crippen LogP contribution in [0.15, 0.2) is 0 Å². The lowest BCUT2D eigenvalue weighted by atomic mass is 9.97. The van der Waals surface area contributed by atoms with E-state index in [1.165, 1.54) is 26.4 Å². The van der Waals surface area contributed by atoms with Crippen molar-refractivity contribution in [3.05, 3.63) is 11.4 Å². The minimum absolute atomic E-state index is 0.108. The van der Waals surface area contributed by atoms with Crippen LogP contribution in [-0.2, 0) is 9.53 Å². The number of unbranched alkanes of at least 4 members (excludes halogenated alkanes) is 5. The maximum absolute atomic E-state index is 10.8. The van der Waals surface area contributed by atoms with Crippen molar-refractivity contribution in [1.29, 1.82) is 0 Å². The first-order chi connectivity index (χ1) is 8.02. The van der Waals surface area contributed by atoms with Crippen molar-refractivity contribution in [2.24, 2.45) is 0 Å². The third-order valence-electron chi connectivity index (χ3n) is 2.95. The molecule has 3 nitrogen and oxygen atoms in total. The lowest BCUT2D eigenvalue weighted by Crippen LogP contribution is -2.12. The zero-order valence-electron chi connectivity index (χ0n) is 11.4. The quantitative estimate of drug-likeness (QED) is 0.346. The number of carbonyl (C=O) groups excluding carboxylic acids is 1. The molecular weight excluding hydrogens is 214 g/mol. The van der Waals surface area contributed by atoms with E-state index in [0.29, 0.717) is 6.42 Å². The third kappa shape index (κ3) is 9.86. The number of esters is 1. The summed E-state index contributed by atoms with van der Waals surface area (Å²) in [7, 11) is 1.43. The van der Waals surface area contributed by atoms with Crippen LogP contribution in [-0.4, -0.2) is 18.6 Å². The summed E-state index contributed by atoms with van der Waals surface area (Å²) in [5.74, 6) is -0.108. The second-order valence-corrected chi connectivity index (χ2v) is 5.12. The normalized spacial score (nSPS) is 10.9. The van der Waals surface area contributed by atoms with Crippen molar-refractivity contribution in [2.75, 3.05) is 7.11 Å². The van der Waals surface area contributed by atoms with Crippen LogP contribution in [0, 0.1) is 6.57 Å². The standard InChI is InChI=1S/C14H25NO2/c1-14(2,15-3)12-10-8-6-5-7-9-11-13(16)17-4/h5-12H2,1-2,4H3. The van der Waals surface area contributed by atoms with Crippen LogP contribution in [0.4, 0.5) is 0 Å². The van der Waals surface area contributed by atoms with E-state index < -0.39 is 0 Å². The Labute approximate surface area is 105 Å². The first-order valence-corrected chi connectivity index (χ1v) is 6.47. The Kier molecular flexibility index (Phi) is 8.49. The van der Waals surface area contributed by atoms with E-state index in [1.54, 1.807) is 0 Å². The molecule has 0 unspecified atom stereocenters. The summed E-state index contributed by atoms with van der Waals surface area (Å²) < 4.78 is 4.58. The zero-order chi connectivity index (χ0) is 13.1. The predicted octanol–water partition coefficient (Wildman–Crippen LogP) is 3.98. The fourth-order valence-electron chi connectivity index (χ4n) is 1.69. The molecule has 0 rings (SSSR count). The van der Waals surface area contributed by atoms with E-state index in [2.05, 4.69) is 9.58 Å². The molecule has 0 radical (unpaired) electrons. The van der Waals surface area contributed by atoms with Crippen molar-refractivity contribution in [1.82, 2.24) is 0 Å². The van der Waals surface area contributed by atoms with Gasteiger partial charge in [-0.2, -0.15) is 0 Å². The molecule has 0 aliphatic heterocycles. The SMILES string of the molecule is [C-]#[N+]C(C)(C)CCCCCCCCC(=O)OC. The van der Waals surface area contributed by atoms with Gasteiger partial charge in [0, 0.05) is 26.7 Å². The summed E-state index contributed by atoms with van der Waals surface area (Å²) in [4.78, 5) is 14.4. The lowest BCUT2D eigenvalue weighted by Gasteiger charge is -2.10. The number of carbonyl (C=O) groups is 1. The molecule has 0 aromatic rings. The van der Waals surface area contributed by atoms with Crippen molar-refractivity contribution in [2.45, 2.75) is 70.8 Å². The molecule has 17 heavy (non-hydrogen) atoms. The molecule has 0 fully saturated rings. The van der Waals surface area contributed by atoms with Crippen LogP contribution in [0.2, 0.25) is 0 Å². The maximum Gasteiger partial charge on any atom is 0.305 e. The summed E-state index contributed by atoms with van der Waals surface area (Å²) in [6, 6.07) is 0. The first kappa shape index (κ1) is 16.0. The van der Waals surface area contributed by atoms with Gasteiger partial charge >= 0.3 is 5.97 Å². The Morgan fingerprint density at radius 2 is 1.65 bits per heavy atom. The van der Waals surface area contributed by atoms with Gasteiger partial charge in [-0.25, -0.2) is 6.57 Å². The predicted molar refractivity (Wildman–Crippen MR) is 69.6 cm³/mol. The lowest BCUT2D eigenvalue weighted by molar-refractivity contribution is -0.140. The summed E-state index contributed by atoms with van der Waals surface area (Å²) in [6.07, 6.45) is 8.26. The molecule has 0 heterocycles. The molecular formula is C14H25NO2. The topological polar surface area (TPSA) is 30.7 Å². The van der Waals surface area contributed by atoms with Crippen LogP contribution in [0.3, 0.4) is 0 Å². The van der Waals surface area contributed by atoms with Crippen LogP contribution >= 0.6 is 0 Å². The highest BCUT2D eigenvalue weighted by atomic mass is 16.5. The first-order valence-electron chi connectivity index (χ1n) is 6.47. The van der Waals surface area contributed by atoms with Gasteiger partial charge in [-0.3, -0.25) is 4.79 Å². The number of methoxy groups -OCH3 is 1. The van der Waals surface area contributed by atoms with Crippen LogP contribution in [0.5, 0.6) is 0 Å². The van der Waals surface area contributed by atoms with Gasteiger partial charge in [-0.1, -0.05) is 25.7 Å². The Hall–Kier alpha value is -1.04. The second kappa shape index (κ2) is 9.04. The summed E-state index contributed by atoms with van der Waals surface area (Å²) in [5, 5.41) is 0. The minimum Gasteiger partial charge on any atom is -0.469 e. The number of hydrogen-bond acceptors (Lipinski definition) is 2. The van der Waals surface area contributed by atoms with E-state index in [-0.39, 0.29) is 11.5 Å². The van der Waals surface area contributed by atoms with E-state index in [4.69, 9.17) is 6.57 Å². The molecule has 0 saturated heterocycles. The molecule has 0 bridgehead atoms. The van der Waals surface area contributed by atoms with E-state index in [9.17, 15) is 4.79 Å². The Morgan fingerprint density at radius 3 is 2.18 bits per heavy atom. The van der Waals surface area contributed by atoms with E-state index in [1.807, 2.05) is 13.8 Å². The Bertz CT molecular complexity index is 253. The monoisotopic (exact) mass is 239 g/mol. The highest BCUT2D eigenvalue weighted by Crippen LogP contribution is 2.19. The van der Waals surface area contributed by atoms with Gasteiger partial charge in [0.25, 0.3) is 0 Å². The van der Waals surface area contributed by atoms with Crippen molar-refractivity contribution >= 4 is 5.97 Å². The fraction of sp³-hybridized carbons (Fsp3) is 0.857. The molecule has 0 atom stereocenters. The highest BCUT2D eigenvalue weighted by molar-refractivity contribution is 5.68. The Balaban J connectivity index is 3.25. The van der Waals surface area contributed by atoms with Gasteiger partial charge in [0.15, 0.2) is 0 Å². The summed E-state index contributed by atoms with van der Waals surface area (Å²) in [5.41, 5.74) is -0.190. The number of nitrogens with zero attached hydrogens (tertiary/aromatic N) is 1. The molecule has 3 heteroatoms. The molecule has 0 aliphatic carbocycles. The number of rotatable bonds is 9. The molecule has 0 spiro atoms. The summed E-state index contributed by atoms with van der Waals surface area (Å²) in [6.45, 7) is 11.0. The van der Waals surface area contributed by atoms with E-state index >= 15 is 0 Å². The molecule has 0 aliphatic rings. The molecule has 0 N–H and O–H groups in total. The van der Waals surface area contributed by atoms with Gasteiger partial charge in [0.2, 0.25) is 5.54 Å². The molecule has 0 amide bonds. The summed E-state index contributed by atoms with van der Waals surface area (Å²) >= 11 is 0. The maximum atomic E-state index is 10.8.